The summed E-state index contributed by atoms with van der Waals surface area (Å²) in [6.45, 7) is 17.7. The molecule has 1 aromatic rings. The second-order valence-electron chi connectivity index (χ2n) is 7.14. The molecule has 0 saturated heterocycles. The standard InChI is InChI=1S/C15H28N2S/c1-11(2)15(6,7)10-16-8-12-9-18-13(17-12)14(3,4)5/h9,11,16H,8,10H2,1-7H3. The molecule has 0 spiro atoms. The summed E-state index contributed by atoms with van der Waals surface area (Å²) < 4.78 is 0. The molecule has 0 bridgehead atoms. The summed E-state index contributed by atoms with van der Waals surface area (Å²) in [6.07, 6.45) is 0. The van der Waals surface area contributed by atoms with Crippen molar-refractivity contribution in [2.75, 3.05) is 6.54 Å². The van der Waals surface area contributed by atoms with Gasteiger partial charge in [-0.25, -0.2) is 4.98 Å². The molecular weight excluding hydrogens is 240 g/mol. The van der Waals surface area contributed by atoms with E-state index in [-0.39, 0.29) is 5.41 Å². The topological polar surface area (TPSA) is 24.9 Å². The van der Waals surface area contributed by atoms with Crippen molar-refractivity contribution in [1.82, 2.24) is 10.3 Å². The molecule has 0 atom stereocenters. The van der Waals surface area contributed by atoms with Crippen LogP contribution in [0.2, 0.25) is 0 Å². The van der Waals surface area contributed by atoms with Crippen molar-refractivity contribution in [3.8, 4) is 0 Å². The van der Waals surface area contributed by atoms with Gasteiger partial charge in [0, 0.05) is 23.9 Å². The number of nitrogens with one attached hydrogen (secondary N) is 1. The zero-order chi connectivity index (χ0) is 14.0. The smallest absolute Gasteiger partial charge is 0.0982 e. The minimum absolute atomic E-state index is 0.167. The van der Waals surface area contributed by atoms with E-state index in [9.17, 15) is 0 Å². The third kappa shape index (κ3) is 4.36. The Morgan fingerprint density at radius 1 is 1.22 bits per heavy atom. The minimum atomic E-state index is 0.167. The largest absolute Gasteiger partial charge is 0.311 e. The van der Waals surface area contributed by atoms with E-state index in [1.165, 1.54) is 10.7 Å². The molecule has 18 heavy (non-hydrogen) atoms. The molecule has 0 aliphatic heterocycles. The van der Waals surface area contributed by atoms with E-state index in [0.29, 0.717) is 11.3 Å². The first-order valence-electron chi connectivity index (χ1n) is 6.78. The molecule has 0 aliphatic carbocycles. The van der Waals surface area contributed by atoms with Gasteiger partial charge in [0.2, 0.25) is 0 Å². The average Bonchev–Trinajstić information content (AvgIpc) is 2.65. The van der Waals surface area contributed by atoms with Crippen LogP contribution in [0, 0.1) is 11.3 Å². The number of nitrogens with zero attached hydrogens (tertiary/aromatic N) is 1. The summed E-state index contributed by atoms with van der Waals surface area (Å²) in [6, 6.07) is 0. The van der Waals surface area contributed by atoms with Gasteiger partial charge in [0.15, 0.2) is 0 Å². The van der Waals surface area contributed by atoms with Gasteiger partial charge in [-0.15, -0.1) is 11.3 Å². The first-order valence-corrected chi connectivity index (χ1v) is 7.66. The molecule has 0 fully saturated rings. The van der Waals surface area contributed by atoms with E-state index in [4.69, 9.17) is 4.98 Å². The molecular formula is C15H28N2S. The molecule has 0 unspecified atom stereocenters. The third-order valence-corrected chi connectivity index (χ3v) is 4.96. The molecule has 1 aromatic heterocycles. The minimum Gasteiger partial charge on any atom is -0.311 e. The van der Waals surface area contributed by atoms with Crippen LogP contribution >= 0.6 is 11.3 Å². The van der Waals surface area contributed by atoms with Crippen LogP contribution < -0.4 is 5.32 Å². The molecule has 0 radical (unpaired) electrons. The summed E-state index contributed by atoms with van der Waals surface area (Å²) in [4.78, 5) is 4.70. The molecule has 0 aromatic carbocycles. The van der Waals surface area contributed by atoms with Crippen molar-refractivity contribution in [2.45, 2.75) is 60.4 Å². The van der Waals surface area contributed by atoms with E-state index in [2.05, 4.69) is 59.2 Å². The fraction of sp³-hybridized carbons (Fsp3) is 0.800. The average molecular weight is 268 g/mol. The van der Waals surface area contributed by atoms with Crippen molar-refractivity contribution >= 4 is 11.3 Å². The maximum Gasteiger partial charge on any atom is 0.0982 e. The van der Waals surface area contributed by atoms with E-state index in [1.807, 2.05) is 0 Å². The fourth-order valence-corrected chi connectivity index (χ4v) is 2.36. The van der Waals surface area contributed by atoms with E-state index < -0.39 is 0 Å². The second kappa shape index (κ2) is 5.70. The Morgan fingerprint density at radius 3 is 2.28 bits per heavy atom. The zero-order valence-corrected chi connectivity index (χ0v) is 13.7. The number of aromatic nitrogens is 1. The van der Waals surface area contributed by atoms with Crippen LogP contribution in [0.4, 0.5) is 0 Å². The lowest BCUT2D eigenvalue weighted by atomic mass is 9.81. The Hall–Kier alpha value is -0.410. The van der Waals surface area contributed by atoms with Crippen LogP contribution in [-0.2, 0) is 12.0 Å². The maximum atomic E-state index is 4.70. The van der Waals surface area contributed by atoms with Crippen LogP contribution in [0.25, 0.3) is 0 Å². The lowest BCUT2D eigenvalue weighted by Gasteiger charge is -2.29. The third-order valence-electron chi connectivity index (χ3n) is 3.64. The first-order chi connectivity index (χ1) is 8.13. The lowest BCUT2D eigenvalue weighted by molar-refractivity contribution is 0.237. The molecule has 0 aliphatic rings. The van der Waals surface area contributed by atoms with Crippen LogP contribution in [-0.4, -0.2) is 11.5 Å². The van der Waals surface area contributed by atoms with Crippen molar-refractivity contribution in [2.24, 2.45) is 11.3 Å². The highest BCUT2D eigenvalue weighted by atomic mass is 32.1. The predicted molar refractivity (Wildman–Crippen MR) is 81.1 cm³/mol. The molecule has 0 saturated carbocycles. The Balaban J connectivity index is 2.48. The molecule has 1 rings (SSSR count). The maximum absolute atomic E-state index is 4.70. The monoisotopic (exact) mass is 268 g/mol. The highest BCUT2D eigenvalue weighted by molar-refractivity contribution is 7.09. The number of hydrogen-bond donors (Lipinski definition) is 1. The van der Waals surface area contributed by atoms with Gasteiger partial charge >= 0.3 is 0 Å². The first kappa shape index (κ1) is 15.6. The summed E-state index contributed by atoms with van der Waals surface area (Å²) >= 11 is 1.77. The SMILES string of the molecule is CC(C)C(C)(C)CNCc1csc(C(C)(C)C)n1. The van der Waals surface area contributed by atoms with E-state index >= 15 is 0 Å². The van der Waals surface area contributed by atoms with Crippen molar-refractivity contribution < 1.29 is 0 Å². The van der Waals surface area contributed by atoms with Gasteiger partial charge in [-0.05, 0) is 11.3 Å². The van der Waals surface area contributed by atoms with Gasteiger partial charge in [-0.3, -0.25) is 0 Å². The lowest BCUT2D eigenvalue weighted by Crippen LogP contribution is -2.33. The van der Waals surface area contributed by atoms with Crippen LogP contribution in [0.5, 0.6) is 0 Å². The van der Waals surface area contributed by atoms with Crippen molar-refractivity contribution in [1.29, 1.82) is 0 Å². The summed E-state index contributed by atoms with van der Waals surface area (Å²) in [7, 11) is 0. The van der Waals surface area contributed by atoms with Gasteiger partial charge in [0.05, 0.1) is 10.7 Å². The molecule has 1 N–H and O–H groups in total. The summed E-state index contributed by atoms with van der Waals surface area (Å²) in [5, 5.41) is 6.93. The van der Waals surface area contributed by atoms with Gasteiger partial charge in [-0.2, -0.15) is 0 Å². The van der Waals surface area contributed by atoms with Crippen LogP contribution in [0.15, 0.2) is 5.38 Å². The zero-order valence-electron chi connectivity index (χ0n) is 12.9. The Labute approximate surface area is 116 Å². The van der Waals surface area contributed by atoms with Crippen molar-refractivity contribution in [3.05, 3.63) is 16.1 Å². The Bertz CT molecular complexity index is 372. The molecule has 104 valence electrons. The molecule has 3 heteroatoms. The summed E-state index contributed by atoms with van der Waals surface area (Å²) in [5.41, 5.74) is 1.67. The number of thiazole rings is 1. The molecule has 0 amide bonds. The highest BCUT2D eigenvalue weighted by Gasteiger charge is 2.22. The quantitative estimate of drug-likeness (QED) is 0.865. The Kier molecular flexibility index (Phi) is 4.96. The second-order valence-corrected chi connectivity index (χ2v) is 8.00. The summed E-state index contributed by atoms with van der Waals surface area (Å²) in [5.74, 6) is 0.686. The molecule has 2 nitrogen and oxygen atoms in total. The van der Waals surface area contributed by atoms with Gasteiger partial charge in [0.1, 0.15) is 0 Å². The van der Waals surface area contributed by atoms with Gasteiger partial charge < -0.3 is 5.32 Å². The number of hydrogen-bond acceptors (Lipinski definition) is 3. The number of rotatable bonds is 5. The fourth-order valence-electron chi connectivity index (χ4n) is 1.45. The van der Waals surface area contributed by atoms with Crippen LogP contribution in [0.3, 0.4) is 0 Å². The van der Waals surface area contributed by atoms with Gasteiger partial charge in [-0.1, -0.05) is 48.5 Å². The normalized spacial score (nSPS) is 13.3. The predicted octanol–water partition coefficient (Wildman–Crippen LogP) is 4.21. The van der Waals surface area contributed by atoms with E-state index in [0.717, 1.165) is 13.1 Å². The van der Waals surface area contributed by atoms with Crippen molar-refractivity contribution in [3.63, 3.8) is 0 Å². The van der Waals surface area contributed by atoms with Crippen LogP contribution in [0.1, 0.15) is 59.2 Å². The van der Waals surface area contributed by atoms with E-state index in [1.54, 1.807) is 11.3 Å². The molecule has 1 heterocycles. The Morgan fingerprint density at radius 2 is 1.83 bits per heavy atom. The highest BCUT2D eigenvalue weighted by Crippen LogP contribution is 2.26. The van der Waals surface area contributed by atoms with Gasteiger partial charge in [0.25, 0.3) is 0 Å².